The molecule has 0 aliphatic heterocycles. The van der Waals surface area contributed by atoms with Crippen molar-refractivity contribution in [2.24, 2.45) is 0 Å². The van der Waals surface area contributed by atoms with E-state index in [1.807, 2.05) is 0 Å². The predicted octanol–water partition coefficient (Wildman–Crippen LogP) is -2.35. The van der Waals surface area contributed by atoms with Crippen LogP contribution < -0.4 is 0 Å². The van der Waals surface area contributed by atoms with Crippen molar-refractivity contribution in [1.29, 1.82) is 0 Å². The van der Waals surface area contributed by atoms with Gasteiger partial charge in [0.1, 0.15) is 0 Å². The van der Waals surface area contributed by atoms with Crippen LogP contribution in [0.2, 0.25) is 0 Å². The van der Waals surface area contributed by atoms with Crippen molar-refractivity contribution < 1.29 is 5.48 Å². The van der Waals surface area contributed by atoms with E-state index < -0.39 is 0 Å². The van der Waals surface area contributed by atoms with Gasteiger partial charge in [-0.15, -0.1) is 12.4 Å². The topological polar surface area (TPSA) is 31.5 Å². The van der Waals surface area contributed by atoms with Gasteiger partial charge >= 0.3 is 154 Å². The van der Waals surface area contributed by atoms with Crippen LogP contribution in [-0.2, 0) is 0 Å². The van der Waals surface area contributed by atoms with Crippen LogP contribution in [0.1, 0.15) is 0 Å². The monoisotopic (exact) mass is 174 g/mol. The van der Waals surface area contributed by atoms with Crippen LogP contribution in [0.4, 0.5) is 0 Å². The van der Waals surface area contributed by atoms with Crippen molar-refractivity contribution in [2.75, 3.05) is 0 Å². The van der Waals surface area contributed by atoms with Gasteiger partial charge in [0, 0.05) is 0 Å². The molecule has 0 aromatic carbocycles. The summed E-state index contributed by atoms with van der Waals surface area (Å²) in [5, 5.41) is 0. The Labute approximate surface area is 166 Å². The van der Waals surface area contributed by atoms with E-state index in [4.69, 9.17) is 0 Å². The molecule has 5 heavy (non-hydrogen) atoms. The standard InChI is InChI=1S/ClH.3K.H2O.3H/h1H;;;;1H2;;;. The van der Waals surface area contributed by atoms with Crippen molar-refractivity contribution in [1.82, 2.24) is 0 Å². The Hall–Kier alpha value is 5.16. The first-order valence-corrected chi connectivity index (χ1v) is 0. The molecule has 0 aliphatic rings. The zero-order chi connectivity index (χ0) is 0. The van der Waals surface area contributed by atoms with Crippen LogP contribution in [0.5, 0.6) is 0 Å². The molecule has 0 aromatic rings. The van der Waals surface area contributed by atoms with Gasteiger partial charge in [-0.3, -0.25) is 0 Å². The first kappa shape index (κ1) is 32.0. The minimum atomic E-state index is 0. The van der Waals surface area contributed by atoms with Gasteiger partial charge in [-0.05, 0) is 0 Å². The molecule has 22 valence electrons. The van der Waals surface area contributed by atoms with Crippen molar-refractivity contribution in [3.05, 3.63) is 0 Å². The fourth-order valence-electron chi connectivity index (χ4n) is 0. The quantitative estimate of drug-likeness (QED) is 0.369. The Morgan fingerprint density at radius 1 is 0.600 bits per heavy atom. The van der Waals surface area contributed by atoms with Gasteiger partial charge in [0.25, 0.3) is 0 Å². The van der Waals surface area contributed by atoms with Gasteiger partial charge in [0.05, 0.1) is 0 Å². The summed E-state index contributed by atoms with van der Waals surface area (Å²) in [5.41, 5.74) is 0. The first-order valence-electron chi connectivity index (χ1n) is 0. The van der Waals surface area contributed by atoms with Crippen LogP contribution in [-0.4, -0.2) is 160 Å². The first-order chi connectivity index (χ1) is 0. The van der Waals surface area contributed by atoms with Gasteiger partial charge in [-0.1, -0.05) is 0 Å². The summed E-state index contributed by atoms with van der Waals surface area (Å²) >= 11 is 0. The number of hydrogen-bond donors (Lipinski definition) is 0. The molecule has 0 unspecified atom stereocenters. The Bertz CT molecular complexity index is 6.85. The van der Waals surface area contributed by atoms with E-state index in [0.717, 1.165) is 0 Å². The molecule has 5 heteroatoms. The van der Waals surface area contributed by atoms with Crippen molar-refractivity contribution >= 4 is 167 Å². The van der Waals surface area contributed by atoms with Crippen molar-refractivity contribution in [2.45, 2.75) is 0 Å². The second-order valence-corrected chi connectivity index (χ2v) is 0. The van der Waals surface area contributed by atoms with Gasteiger partial charge in [-0.25, -0.2) is 0 Å². The molecule has 0 spiro atoms. The number of hydrogen-bond acceptors (Lipinski definition) is 0. The Kier molecular flexibility index (Phi) is 147. The molecular weight excluding hydrogens is 169 g/mol. The van der Waals surface area contributed by atoms with E-state index in [9.17, 15) is 0 Å². The molecule has 0 saturated carbocycles. The molecular formula is H6ClK3O. The van der Waals surface area contributed by atoms with Crippen LogP contribution in [0, 0.1) is 0 Å². The Morgan fingerprint density at radius 3 is 0.600 bits per heavy atom. The predicted molar refractivity (Wildman–Crippen MR) is 32.3 cm³/mol. The van der Waals surface area contributed by atoms with Gasteiger partial charge in [0.2, 0.25) is 0 Å². The van der Waals surface area contributed by atoms with Crippen LogP contribution >= 0.6 is 12.4 Å². The summed E-state index contributed by atoms with van der Waals surface area (Å²) in [7, 11) is 0. The summed E-state index contributed by atoms with van der Waals surface area (Å²) in [6.07, 6.45) is 0. The van der Waals surface area contributed by atoms with E-state index in [-0.39, 0.29) is 172 Å². The minimum absolute atomic E-state index is 0. The summed E-state index contributed by atoms with van der Waals surface area (Å²) in [5.74, 6) is 0. The molecule has 0 bridgehead atoms. The van der Waals surface area contributed by atoms with Crippen LogP contribution in [0.15, 0.2) is 0 Å². The van der Waals surface area contributed by atoms with Crippen molar-refractivity contribution in [3.63, 3.8) is 0 Å². The van der Waals surface area contributed by atoms with Crippen LogP contribution in [0.25, 0.3) is 0 Å². The molecule has 0 saturated heterocycles. The number of rotatable bonds is 0. The van der Waals surface area contributed by atoms with E-state index >= 15 is 0 Å². The number of halogens is 1. The van der Waals surface area contributed by atoms with Crippen molar-refractivity contribution in [3.8, 4) is 0 Å². The second-order valence-electron chi connectivity index (χ2n) is 0. The maximum atomic E-state index is 0. The second kappa shape index (κ2) is 22.9. The molecule has 0 atom stereocenters. The molecule has 1 nitrogen and oxygen atoms in total. The normalized spacial score (nSPS) is 0. The molecule has 0 amide bonds. The molecule has 0 radical (unpaired) electrons. The summed E-state index contributed by atoms with van der Waals surface area (Å²) in [4.78, 5) is 0. The van der Waals surface area contributed by atoms with E-state index in [1.165, 1.54) is 0 Å². The van der Waals surface area contributed by atoms with Gasteiger partial charge in [0.15, 0.2) is 0 Å². The molecule has 0 rings (SSSR count). The zero-order valence-corrected chi connectivity index (χ0v) is 1.72. The summed E-state index contributed by atoms with van der Waals surface area (Å²) < 4.78 is 0. The van der Waals surface area contributed by atoms with Crippen LogP contribution in [0.3, 0.4) is 0 Å². The molecule has 2 N–H and O–H groups in total. The Morgan fingerprint density at radius 2 is 0.600 bits per heavy atom. The Balaban J connectivity index is 0. The molecule has 0 heterocycles. The maximum absolute atomic E-state index is 0. The SMILES string of the molecule is Cl.O.[KH].[KH].[KH]. The average molecular weight is 175 g/mol. The molecule has 0 fully saturated rings. The fraction of sp³-hybridized carbons (Fsp3) is 0. The summed E-state index contributed by atoms with van der Waals surface area (Å²) in [6.45, 7) is 0. The van der Waals surface area contributed by atoms with E-state index in [1.54, 1.807) is 0 Å². The third-order valence-corrected chi connectivity index (χ3v) is 0. The third kappa shape index (κ3) is 17.6. The average Bonchev–Trinajstić information content (AvgIpc) is 0. The van der Waals surface area contributed by atoms with Gasteiger partial charge in [-0.2, -0.15) is 0 Å². The third-order valence-electron chi connectivity index (χ3n) is 0. The fourth-order valence-corrected chi connectivity index (χ4v) is 0. The molecule has 0 aliphatic carbocycles. The van der Waals surface area contributed by atoms with E-state index in [2.05, 4.69) is 0 Å². The summed E-state index contributed by atoms with van der Waals surface area (Å²) in [6, 6.07) is 0. The van der Waals surface area contributed by atoms with Gasteiger partial charge < -0.3 is 5.48 Å². The zero-order valence-electron chi connectivity index (χ0n) is 0.908. The van der Waals surface area contributed by atoms with E-state index in [0.29, 0.717) is 0 Å². The molecule has 0 aromatic heterocycles.